The smallest absolute Gasteiger partial charge is 0.168 e. The van der Waals surface area contributed by atoms with E-state index in [1.165, 1.54) is 32.1 Å². The maximum Gasteiger partial charge on any atom is 0.168 e. The van der Waals surface area contributed by atoms with Crippen molar-refractivity contribution in [3.8, 4) is 5.75 Å². The molecule has 100 valence electrons. The van der Waals surface area contributed by atoms with Gasteiger partial charge in [0.1, 0.15) is 0 Å². The van der Waals surface area contributed by atoms with E-state index in [0.717, 1.165) is 18.1 Å². The zero-order chi connectivity index (χ0) is 12.8. The van der Waals surface area contributed by atoms with Gasteiger partial charge in [-0.1, -0.05) is 26.2 Å². The fourth-order valence-electron chi connectivity index (χ4n) is 2.67. The van der Waals surface area contributed by atoms with Crippen LogP contribution in [0.5, 0.6) is 5.75 Å². The highest BCUT2D eigenvalue weighted by atomic mass is 16.5. The minimum absolute atomic E-state index is 0.416. The molecule has 3 nitrogen and oxygen atoms in total. The van der Waals surface area contributed by atoms with Crippen molar-refractivity contribution in [2.75, 3.05) is 18.5 Å². The fourth-order valence-corrected chi connectivity index (χ4v) is 2.67. The lowest BCUT2D eigenvalue weighted by atomic mass is 9.76. The highest BCUT2D eigenvalue weighted by Gasteiger charge is 2.26. The predicted octanol–water partition coefficient (Wildman–Crippen LogP) is 3.86. The molecule has 0 unspecified atom stereocenters. The molecule has 1 N–H and O–H groups in total. The second kappa shape index (κ2) is 6.07. The van der Waals surface area contributed by atoms with Gasteiger partial charge in [0.2, 0.25) is 0 Å². The zero-order valence-electron chi connectivity index (χ0n) is 11.5. The van der Waals surface area contributed by atoms with E-state index in [-0.39, 0.29) is 0 Å². The van der Waals surface area contributed by atoms with Crippen molar-refractivity contribution in [2.45, 2.75) is 46.0 Å². The van der Waals surface area contributed by atoms with E-state index in [1.54, 1.807) is 0 Å². The summed E-state index contributed by atoms with van der Waals surface area (Å²) in [7, 11) is 0. The molecule has 18 heavy (non-hydrogen) atoms. The topological polar surface area (TPSA) is 34.1 Å². The number of ether oxygens (including phenoxy) is 1. The van der Waals surface area contributed by atoms with Crippen LogP contribution in [-0.4, -0.2) is 18.1 Å². The van der Waals surface area contributed by atoms with E-state index in [0.29, 0.717) is 12.0 Å². The SMILES string of the molecule is CCOc1cccnc1NCC1(C)CCCCC1. The molecule has 0 aromatic carbocycles. The molecule has 1 aromatic rings. The fraction of sp³-hybridized carbons (Fsp3) is 0.667. The van der Waals surface area contributed by atoms with E-state index in [1.807, 2.05) is 25.3 Å². The van der Waals surface area contributed by atoms with Crippen LogP contribution in [0, 0.1) is 5.41 Å². The Labute approximate surface area is 110 Å². The summed E-state index contributed by atoms with van der Waals surface area (Å²) in [6.45, 7) is 6.05. The van der Waals surface area contributed by atoms with Crippen LogP contribution in [0.25, 0.3) is 0 Å². The Morgan fingerprint density at radius 1 is 1.33 bits per heavy atom. The van der Waals surface area contributed by atoms with Gasteiger partial charge in [-0.25, -0.2) is 4.98 Å². The number of rotatable bonds is 5. The number of hydrogen-bond acceptors (Lipinski definition) is 3. The highest BCUT2D eigenvalue weighted by molar-refractivity contribution is 5.49. The van der Waals surface area contributed by atoms with Gasteiger partial charge in [0, 0.05) is 12.7 Å². The second-order valence-electron chi connectivity index (χ2n) is 5.51. The lowest BCUT2D eigenvalue weighted by Crippen LogP contribution is -2.29. The molecule has 1 aliphatic rings. The molecular formula is C15H24N2O. The number of nitrogens with one attached hydrogen (secondary N) is 1. The predicted molar refractivity (Wildman–Crippen MR) is 75.1 cm³/mol. The minimum Gasteiger partial charge on any atom is -0.490 e. The van der Waals surface area contributed by atoms with Crippen LogP contribution in [-0.2, 0) is 0 Å². The zero-order valence-corrected chi connectivity index (χ0v) is 11.5. The first-order valence-electron chi connectivity index (χ1n) is 7.05. The van der Waals surface area contributed by atoms with E-state index >= 15 is 0 Å². The van der Waals surface area contributed by atoms with Gasteiger partial charge in [-0.3, -0.25) is 0 Å². The van der Waals surface area contributed by atoms with Crippen LogP contribution in [0.3, 0.4) is 0 Å². The third-order valence-corrected chi connectivity index (χ3v) is 3.81. The van der Waals surface area contributed by atoms with Gasteiger partial charge >= 0.3 is 0 Å². The molecule has 1 saturated carbocycles. The number of anilines is 1. The molecule has 3 heteroatoms. The van der Waals surface area contributed by atoms with Gasteiger partial charge < -0.3 is 10.1 Å². The molecule has 0 bridgehead atoms. The van der Waals surface area contributed by atoms with Gasteiger partial charge in [-0.05, 0) is 37.3 Å². The molecule has 0 atom stereocenters. The average Bonchev–Trinajstić information content (AvgIpc) is 2.39. The van der Waals surface area contributed by atoms with Crippen molar-refractivity contribution in [3.05, 3.63) is 18.3 Å². The quantitative estimate of drug-likeness (QED) is 0.859. The first kappa shape index (κ1) is 13.2. The Morgan fingerprint density at radius 2 is 2.11 bits per heavy atom. The van der Waals surface area contributed by atoms with Crippen molar-refractivity contribution in [2.24, 2.45) is 5.41 Å². The van der Waals surface area contributed by atoms with Crippen molar-refractivity contribution in [1.29, 1.82) is 0 Å². The third-order valence-electron chi connectivity index (χ3n) is 3.81. The second-order valence-corrected chi connectivity index (χ2v) is 5.51. The Kier molecular flexibility index (Phi) is 4.45. The Balaban J connectivity index is 1.96. The summed E-state index contributed by atoms with van der Waals surface area (Å²) in [6.07, 6.45) is 8.56. The molecule has 0 spiro atoms. The number of aromatic nitrogens is 1. The number of nitrogens with zero attached hydrogens (tertiary/aromatic N) is 1. The summed E-state index contributed by atoms with van der Waals surface area (Å²) in [4.78, 5) is 4.38. The van der Waals surface area contributed by atoms with Gasteiger partial charge in [-0.15, -0.1) is 0 Å². The molecule has 0 amide bonds. The number of hydrogen-bond donors (Lipinski definition) is 1. The van der Waals surface area contributed by atoms with Crippen LogP contribution < -0.4 is 10.1 Å². The first-order valence-corrected chi connectivity index (χ1v) is 7.05. The Hall–Kier alpha value is -1.25. The highest BCUT2D eigenvalue weighted by Crippen LogP contribution is 2.36. The Morgan fingerprint density at radius 3 is 2.83 bits per heavy atom. The van der Waals surface area contributed by atoms with Crippen LogP contribution in [0.4, 0.5) is 5.82 Å². The lowest BCUT2D eigenvalue weighted by molar-refractivity contribution is 0.233. The van der Waals surface area contributed by atoms with E-state index in [2.05, 4.69) is 17.2 Å². The summed E-state index contributed by atoms with van der Waals surface area (Å²) in [5.41, 5.74) is 0.416. The van der Waals surface area contributed by atoms with Crippen LogP contribution >= 0.6 is 0 Å². The number of pyridine rings is 1. The molecule has 0 aliphatic heterocycles. The summed E-state index contributed by atoms with van der Waals surface area (Å²) < 4.78 is 5.58. The van der Waals surface area contributed by atoms with Gasteiger partial charge in [0.15, 0.2) is 11.6 Å². The summed E-state index contributed by atoms with van der Waals surface area (Å²) in [5.74, 6) is 1.74. The summed E-state index contributed by atoms with van der Waals surface area (Å²) in [5, 5.41) is 3.47. The third kappa shape index (κ3) is 3.37. The molecule has 1 heterocycles. The van der Waals surface area contributed by atoms with Gasteiger partial charge in [-0.2, -0.15) is 0 Å². The molecule has 1 fully saturated rings. The molecule has 2 rings (SSSR count). The molecule has 1 aromatic heterocycles. The first-order chi connectivity index (χ1) is 8.73. The monoisotopic (exact) mass is 248 g/mol. The van der Waals surface area contributed by atoms with Crippen molar-refractivity contribution < 1.29 is 4.74 Å². The van der Waals surface area contributed by atoms with Gasteiger partial charge in [0.05, 0.1) is 6.61 Å². The van der Waals surface area contributed by atoms with Gasteiger partial charge in [0.25, 0.3) is 0 Å². The minimum atomic E-state index is 0.416. The molecule has 0 radical (unpaired) electrons. The normalized spacial score (nSPS) is 18.3. The molecule has 1 aliphatic carbocycles. The van der Waals surface area contributed by atoms with E-state index in [4.69, 9.17) is 4.74 Å². The maximum atomic E-state index is 5.58. The molecular weight excluding hydrogens is 224 g/mol. The lowest BCUT2D eigenvalue weighted by Gasteiger charge is -2.34. The van der Waals surface area contributed by atoms with Crippen LogP contribution in [0.15, 0.2) is 18.3 Å². The van der Waals surface area contributed by atoms with Crippen molar-refractivity contribution >= 4 is 5.82 Å². The largest absolute Gasteiger partial charge is 0.490 e. The standard InChI is InChI=1S/C15H24N2O/c1-3-18-13-8-7-11-16-14(13)17-12-15(2)9-5-4-6-10-15/h7-8,11H,3-6,9-10,12H2,1-2H3,(H,16,17). The van der Waals surface area contributed by atoms with Crippen molar-refractivity contribution in [3.63, 3.8) is 0 Å². The van der Waals surface area contributed by atoms with E-state index in [9.17, 15) is 0 Å². The average molecular weight is 248 g/mol. The Bertz CT molecular complexity index is 373. The maximum absolute atomic E-state index is 5.58. The molecule has 0 saturated heterocycles. The van der Waals surface area contributed by atoms with Crippen LogP contribution in [0.2, 0.25) is 0 Å². The van der Waals surface area contributed by atoms with Crippen LogP contribution in [0.1, 0.15) is 46.0 Å². The van der Waals surface area contributed by atoms with Crippen molar-refractivity contribution in [1.82, 2.24) is 4.98 Å². The summed E-state index contributed by atoms with van der Waals surface area (Å²) in [6, 6.07) is 3.89. The summed E-state index contributed by atoms with van der Waals surface area (Å²) >= 11 is 0. The van der Waals surface area contributed by atoms with E-state index < -0.39 is 0 Å².